The summed E-state index contributed by atoms with van der Waals surface area (Å²) < 4.78 is 41.4. The lowest BCUT2D eigenvalue weighted by Crippen LogP contribution is -2.48. The lowest BCUT2D eigenvalue weighted by molar-refractivity contribution is -0.305. The third-order valence-corrected chi connectivity index (χ3v) is 2.68. The molecule has 0 saturated heterocycles. The maximum absolute atomic E-state index is 12.2. The molecule has 0 aliphatic rings. The van der Waals surface area contributed by atoms with Gasteiger partial charge in [0.05, 0.1) is 0 Å². The minimum Gasteiger partial charge on any atom is -0.550 e. The van der Waals surface area contributed by atoms with Gasteiger partial charge in [0, 0.05) is 5.97 Å². The Morgan fingerprint density at radius 3 is 2.10 bits per heavy atom. The first kappa shape index (κ1) is 19.2. The van der Waals surface area contributed by atoms with Gasteiger partial charge in [0.2, 0.25) is 0 Å². The number of nitrogens with one attached hydrogen (secondary N) is 1. The molecule has 0 spiro atoms. The van der Waals surface area contributed by atoms with Crippen LogP contribution in [0.2, 0.25) is 0 Å². The number of esters is 1. The molecule has 0 fully saturated rings. The van der Waals surface area contributed by atoms with Crippen molar-refractivity contribution in [3.8, 4) is 0 Å². The molecule has 0 bridgehead atoms. The van der Waals surface area contributed by atoms with Crippen LogP contribution in [0.4, 0.5) is 13.2 Å². The number of amides is 1. The summed E-state index contributed by atoms with van der Waals surface area (Å²) in [5.41, 5.74) is 0. The van der Waals surface area contributed by atoms with Crippen LogP contribution in [0.25, 0.3) is 0 Å². The SMILES string of the molecule is CCC(CC)OC(=O)[C@H](CCC(=O)[O-])NC(=O)C(F)(F)F. The molecule has 0 radical (unpaired) electrons. The molecular formula is C12H17F3NO5-. The molecule has 1 N–H and O–H groups in total. The second-order valence-electron chi connectivity index (χ2n) is 4.31. The first-order valence-electron chi connectivity index (χ1n) is 6.39. The minimum absolute atomic E-state index is 0.447. The number of carbonyl (C=O) groups excluding carboxylic acids is 3. The van der Waals surface area contributed by atoms with Crippen LogP contribution in [-0.4, -0.2) is 36.2 Å². The number of carbonyl (C=O) groups is 3. The van der Waals surface area contributed by atoms with Gasteiger partial charge in [0.15, 0.2) is 0 Å². The van der Waals surface area contributed by atoms with Crippen LogP contribution in [0.1, 0.15) is 39.5 Å². The monoisotopic (exact) mass is 312 g/mol. The highest BCUT2D eigenvalue weighted by Crippen LogP contribution is 2.16. The highest BCUT2D eigenvalue weighted by atomic mass is 19.4. The number of carboxylic acid groups (broad SMARTS) is 1. The molecule has 122 valence electrons. The molecule has 0 aromatic heterocycles. The average Bonchev–Trinajstić information content (AvgIpc) is 2.38. The Balaban J connectivity index is 4.83. The van der Waals surface area contributed by atoms with Crippen LogP contribution in [0.15, 0.2) is 0 Å². The summed E-state index contributed by atoms with van der Waals surface area (Å²) in [6, 6.07) is -1.68. The Morgan fingerprint density at radius 1 is 1.19 bits per heavy atom. The quantitative estimate of drug-likeness (QED) is 0.650. The van der Waals surface area contributed by atoms with Gasteiger partial charge in [-0.1, -0.05) is 13.8 Å². The number of carboxylic acids is 1. The molecule has 0 unspecified atom stereocenters. The molecule has 0 saturated carbocycles. The van der Waals surface area contributed by atoms with Gasteiger partial charge in [-0.2, -0.15) is 13.2 Å². The third kappa shape index (κ3) is 7.52. The second kappa shape index (κ2) is 8.48. The van der Waals surface area contributed by atoms with E-state index in [1.807, 2.05) is 0 Å². The van der Waals surface area contributed by atoms with Crippen molar-refractivity contribution in [2.24, 2.45) is 0 Å². The first-order valence-corrected chi connectivity index (χ1v) is 6.39. The zero-order valence-electron chi connectivity index (χ0n) is 11.7. The van der Waals surface area contributed by atoms with E-state index in [9.17, 15) is 32.7 Å². The molecule has 0 aromatic carbocycles. The molecule has 21 heavy (non-hydrogen) atoms. The van der Waals surface area contributed by atoms with Gasteiger partial charge in [-0.25, -0.2) is 4.79 Å². The maximum Gasteiger partial charge on any atom is 0.471 e. The summed E-state index contributed by atoms with van der Waals surface area (Å²) >= 11 is 0. The molecule has 1 atom stereocenters. The Morgan fingerprint density at radius 2 is 1.71 bits per heavy atom. The Bertz CT molecular complexity index is 380. The highest BCUT2D eigenvalue weighted by Gasteiger charge is 2.41. The van der Waals surface area contributed by atoms with E-state index in [1.54, 1.807) is 13.8 Å². The van der Waals surface area contributed by atoms with E-state index in [4.69, 9.17) is 4.74 Å². The summed E-state index contributed by atoms with van der Waals surface area (Å²) in [6.45, 7) is 3.43. The third-order valence-electron chi connectivity index (χ3n) is 2.68. The van der Waals surface area contributed by atoms with Crippen molar-refractivity contribution >= 4 is 17.8 Å². The Kier molecular flexibility index (Phi) is 7.75. The van der Waals surface area contributed by atoms with Crippen molar-refractivity contribution in [1.82, 2.24) is 5.32 Å². The van der Waals surface area contributed by atoms with Crippen LogP contribution in [0.3, 0.4) is 0 Å². The fourth-order valence-electron chi connectivity index (χ4n) is 1.45. The van der Waals surface area contributed by atoms with Gasteiger partial charge >= 0.3 is 18.1 Å². The molecule has 9 heteroatoms. The van der Waals surface area contributed by atoms with Crippen molar-refractivity contribution in [1.29, 1.82) is 0 Å². The lowest BCUT2D eigenvalue weighted by Gasteiger charge is -2.21. The van der Waals surface area contributed by atoms with Crippen molar-refractivity contribution in [2.75, 3.05) is 0 Å². The van der Waals surface area contributed by atoms with Crippen molar-refractivity contribution < 1.29 is 37.4 Å². The summed E-state index contributed by atoms with van der Waals surface area (Å²) in [6.07, 6.45) is -6.00. The second-order valence-corrected chi connectivity index (χ2v) is 4.31. The molecular weight excluding hydrogens is 295 g/mol. The van der Waals surface area contributed by atoms with Crippen molar-refractivity contribution in [3.05, 3.63) is 0 Å². The molecule has 0 rings (SSSR count). The van der Waals surface area contributed by atoms with E-state index in [2.05, 4.69) is 0 Å². The van der Waals surface area contributed by atoms with Gasteiger partial charge < -0.3 is 20.0 Å². The van der Waals surface area contributed by atoms with E-state index < -0.39 is 49.0 Å². The topological polar surface area (TPSA) is 95.5 Å². The van der Waals surface area contributed by atoms with Gasteiger partial charge in [0.1, 0.15) is 12.1 Å². The summed E-state index contributed by atoms with van der Waals surface area (Å²) in [5, 5.41) is 11.8. The predicted molar refractivity (Wildman–Crippen MR) is 62.7 cm³/mol. The normalized spacial score (nSPS) is 12.9. The zero-order valence-corrected chi connectivity index (χ0v) is 11.7. The summed E-state index contributed by atoms with van der Waals surface area (Å²) in [7, 11) is 0. The van der Waals surface area contributed by atoms with E-state index >= 15 is 0 Å². The predicted octanol–water partition coefficient (Wildman–Crippen LogP) is 0.295. The molecule has 6 nitrogen and oxygen atoms in total. The number of aliphatic carboxylic acids is 1. The lowest BCUT2D eigenvalue weighted by atomic mass is 10.1. The number of hydrogen-bond acceptors (Lipinski definition) is 5. The van der Waals surface area contributed by atoms with Crippen LogP contribution >= 0.6 is 0 Å². The standard InChI is InChI=1S/C12H18F3NO5/c1-3-7(4-2)21-10(19)8(5-6-9(17)18)16-11(20)12(13,14)15/h7-8H,3-6H2,1-2H3,(H,16,20)(H,17,18)/p-1/t8-/m0/s1. The first-order chi connectivity index (χ1) is 9.61. The van der Waals surface area contributed by atoms with Crippen LogP contribution in [0.5, 0.6) is 0 Å². The number of ether oxygens (including phenoxy) is 1. The largest absolute Gasteiger partial charge is 0.550 e. The fraction of sp³-hybridized carbons (Fsp3) is 0.750. The van der Waals surface area contributed by atoms with E-state index in [1.165, 1.54) is 5.32 Å². The summed E-state index contributed by atoms with van der Waals surface area (Å²) in [4.78, 5) is 32.9. The van der Waals surface area contributed by atoms with Crippen LogP contribution in [0, 0.1) is 0 Å². The van der Waals surface area contributed by atoms with Gasteiger partial charge in [-0.3, -0.25) is 4.79 Å². The number of rotatable bonds is 8. The van der Waals surface area contributed by atoms with Crippen molar-refractivity contribution in [2.45, 2.75) is 57.9 Å². The van der Waals surface area contributed by atoms with Gasteiger partial charge in [-0.15, -0.1) is 0 Å². The average molecular weight is 312 g/mol. The molecule has 0 aliphatic carbocycles. The zero-order chi connectivity index (χ0) is 16.6. The van der Waals surface area contributed by atoms with Crippen LogP contribution in [-0.2, 0) is 19.1 Å². The van der Waals surface area contributed by atoms with E-state index in [0.29, 0.717) is 12.8 Å². The maximum atomic E-state index is 12.2. The summed E-state index contributed by atoms with van der Waals surface area (Å²) in [5.74, 6) is -4.97. The van der Waals surface area contributed by atoms with Crippen LogP contribution < -0.4 is 10.4 Å². The Hall–Kier alpha value is -1.80. The van der Waals surface area contributed by atoms with Gasteiger partial charge in [0.25, 0.3) is 0 Å². The Labute approximate surface area is 119 Å². The molecule has 0 aromatic rings. The number of halogens is 3. The highest BCUT2D eigenvalue weighted by molar-refractivity contribution is 5.87. The number of alkyl halides is 3. The smallest absolute Gasteiger partial charge is 0.471 e. The molecule has 0 aliphatic heterocycles. The van der Waals surface area contributed by atoms with E-state index in [-0.39, 0.29) is 0 Å². The molecule has 1 amide bonds. The fourth-order valence-corrected chi connectivity index (χ4v) is 1.45. The van der Waals surface area contributed by atoms with Crippen molar-refractivity contribution in [3.63, 3.8) is 0 Å². The van der Waals surface area contributed by atoms with Gasteiger partial charge in [-0.05, 0) is 25.7 Å². The minimum atomic E-state index is -5.17. The van der Waals surface area contributed by atoms with E-state index in [0.717, 1.165) is 0 Å². The number of hydrogen-bond donors (Lipinski definition) is 1. The molecule has 0 heterocycles.